The van der Waals surface area contributed by atoms with Gasteiger partial charge in [-0.25, -0.2) is 13.8 Å². The van der Waals surface area contributed by atoms with Crippen LogP contribution in [0.15, 0.2) is 58.5 Å². The van der Waals surface area contributed by atoms with Gasteiger partial charge >= 0.3 is 0 Å². The molecule has 27 heavy (non-hydrogen) atoms. The molecule has 0 aliphatic heterocycles. The highest BCUT2D eigenvalue weighted by Crippen LogP contribution is 2.36. The fourth-order valence-electron chi connectivity index (χ4n) is 3.04. The van der Waals surface area contributed by atoms with Gasteiger partial charge in [-0.3, -0.25) is 0 Å². The minimum atomic E-state index is -0.759. The molecular formula is C21H22F2N2OS. The first-order valence-corrected chi connectivity index (χ1v) is 9.63. The first-order chi connectivity index (χ1) is 12.8. The van der Waals surface area contributed by atoms with Crippen LogP contribution in [0, 0.1) is 11.6 Å². The lowest BCUT2D eigenvalue weighted by Gasteiger charge is -2.16. The van der Waals surface area contributed by atoms with E-state index in [0.29, 0.717) is 22.3 Å². The smallest absolute Gasteiger partial charge is 0.139 e. The summed E-state index contributed by atoms with van der Waals surface area (Å²) in [5.41, 5.74) is 2.02. The monoisotopic (exact) mass is 388 g/mol. The van der Waals surface area contributed by atoms with Crippen molar-refractivity contribution in [1.29, 1.82) is 0 Å². The normalized spacial score (nSPS) is 12.6. The molecule has 0 saturated heterocycles. The maximum Gasteiger partial charge on any atom is 0.139 e. The minimum Gasteiger partial charge on any atom is -0.385 e. The number of aliphatic hydroxyl groups is 1. The van der Waals surface area contributed by atoms with Crippen LogP contribution in [0.5, 0.6) is 0 Å². The maximum absolute atomic E-state index is 13.6. The molecule has 0 saturated carbocycles. The molecule has 0 aliphatic carbocycles. The van der Waals surface area contributed by atoms with Gasteiger partial charge in [-0.15, -0.1) is 0 Å². The van der Waals surface area contributed by atoms with Gasteiger partial charge in [0.15, 0.2) is 0 Å². The third kappa shape index (κ3) is 4.57. The molecule has 0 amide bonds. The molecule has 0 spiro atoms. The molecular weight excluding hydrogens is 366 g/mol. The average molecular weight is 388 g/mol. The molecule has 1 unspecified atom stereocenters. The quantitative estimate of drug-likeness (QED) is 0.603. The summed E-state index contributed by atoms with van der Waals surface area (Å²) in [6.07, 6.45) is -0.759. The number of halogens is 2. The van der Waals surface area contributed by atoms with E-state index in [-0.39, 0.29) is 5.92 Å². The Kier molecular flexibility index (Phi) is 5.97. The Hall–Kier alpha value is -2.18. The summed E-state index contributed by atoms with van der Waals surface area (Å²) < 4.78 is 29.1. The van der Waals surface area contributed by atoms with Crippen LogP contribution >= 0.6 is 11.8 Å². The number of rotatable bonds is 6. The van der Waals surface area contributed by atoms with Crippen LogP contribution in [0.25, 0.3) is 0 Å². The van der Waals surface area contributed by atoms with Crippen LogP contribution in [0.4, 0.5) is 8.78 Å². The fraction of sp³-hybridized carbons (Fsp3) is 0.286. The number of nitrogens with zero attached hydrogens (tertiary/aromatic N) is 2. The third-order valence-electron chi connectivity index (χ3n) is 4.16. The summed E-state index contributed by atoms with van der Waals surface area (Å²) in [5.74, 6) is -0.581. The average Bonchev–Trinajstić information content (AvgIpc) is 2.93. The van der Waals surface area contributed by atoms with Crippen molar-refractivity contribution in [1.82, 2.24) is 9.55 Å². The van der Waals surface area contributed by atoms with E-state index in [2.05, 4.69) is 4.98 Å². The van der Waals surface area contributed by atoms with Gasteiger partial charge in [-0.2, -0.15) is 0 Å². The second-order valence-corrected chi connectivity index (χ2v) is 7.83. The van der Waals surface area contributed by atoms with Crippen molar-refractivity contribution in [2.24, 2.45) is 0 Å². The molecule has 3 aromatic rings. The van der Waals surface area contributed by atoms with E-state index in [1.165, 1.54) is 23.9 Å². The Morgan fingerprint density at radius 2 is 1.67 bits per heavy atom. The van der Waals surface area contributed by atoms with Crippen molar-refractivity contribution in [3.8, 4) is 0 Å². The lowest BCUT2D eigenvalue weighted by molar-refractivity contribution is 0.183. The van der Waals surface area contributed by atoms with Crippen molar-refractivity contribution in [2.45, 2.75) is 49.3 Å². The van der Waals surface area contributed by atoms with Crippen LogP contribution in [-0.2, 0) is 6.54 Å². The van der Waals surface area contributed by atoms with Crippen molar-refractivity contribution >= 4 is 11.8 Å². The zero-order chi connectivity index (χ0) is 19.6. The van der Waals surface area contributed by atoms with E-state index in [1.807, 2.05) is 48.7 Å². The Balaban J connectivity index is 2.07. The second kappa shape index (κ2) is 8.23. The van der Waals surface area contributed by atoms with Crippen LogP contribution in [0.3, 0.4) is 0 Å². The van der Waals surface area contributed by atoms with Gasteiger partial charge in [0.05, 0.1) is 5.69 Å². The molecule has 3 rings (SSSR count). The Morgan fingerprint density at radius 1 is 1.04 bits per heavy atom. The highest BCUT2D eigenvalue weighted by Gasteiger charge is 2.23. The standard InChI is InChI=1S/C21H22F2N2OS/c1-13(2)19-21(27-18-10-16(22)9-17(23)11-18)24-20(14(3)26)25(19)12-15-7-5-4-6-8-15/h4-11,13-14,26H,12H2,1-3H3. The van der Waals surface area contributed by atoms with Gasteiger partial charge in [0.2, 0.25) is 0 Å². The zero-order valence-corrected chi connectivity index (χ0v) is 16.3. The van der Waals surface area contributed by atoms with Crippen molar-refractivity contribution < 1.29 is 13.9 Å². The molecule has 1 N–H and O–H groups in total. The summed E-state index contributed by atoms with van der Waals surface area (Å²) in [7, 11) is 0. The molecule has 1 atom stereocenters. The molecule has 0 fully saturated rings. The van der Waals surface area contributed by atoms with Crippen molar-refractivity contribution in [2.75, 3.05) is 0 Å². The zero-order valence-electron chi connectivity index (χ0n) is 15.5. The van der Waals surface area contributed by atoms with E-state index >= 15 is 0 Å². The second-order valence-electron chi connectivity index (χ2n) is 6.77. The fourth-order valence-corrected chi connectivity index (χ4v) is 4.20. The topological polar surface area (TPSA) is 38.1 Å². The molecule has 0 aliphatic rings. The van der Waals surface area contributed by atoms with Gasteiger partial charge in [-0.05, 0) is 30.5 Å². The molecule has 2 aromatic carbocycles. The predicted molar refractivity (Wildman–Crippen MR) is 103 cm³/mol. The number of benzene rings is 2. The molecule has 1 aromatic heterocycles. The Labute approximate surface area is 162 Å². The third-order valence-corrected chi connectivity index (χ3v) is 5.12. The first kappa shape index (κ1) is 19.6. The summed E-state index contributed by atoms with van der Waals surface area (Å²) in [5, 5.41) is 10.9. The van der Waals surface area contributed by atoms with E-state index in [9.17, 15) is 13.9 Å². The lowest BCUT2D eigenvalue weighted by Crippen LogP contribution is -2.12. The number of hydrogen-bond donors (Lipinski definition) is 1. The Morgan fingerprint density at radius 3 is 2.22 bits per heavy atom. The highest BCUT2D eigenvalue weighted by molar-refractivity contribution is 7.99. The first-order valence-electron chi connectivity index (χ1n) is 8.81. The van der Waals surface area contributed by atoms with Crippen molar-refractivity contribution in [3.05, 3.63) is 77.2 Å². The molecule has 3 nitrogen and oxygen atoms in total. The van der Waals surface area contributed by atoms with Gasteiger partial charge < -0.3 is 9.67 Å². The van der Waals surface area contributed by atoms with Gasteiger partial charge in [0, 0.05) is 17.5 Å². The summed E-state index contributed by atoms with van der Waals surface area (Å²) >= 11 is 1.21. The molecule has 1 heterocycles. The largest absolute Gasteiger partial charge is 0.385 e. The minimum absolute atomic E-state index is 0.120. The van der Waals surface area contributed by atoms with E-state index < -0.39 is 17.7 Å². The van der Waals surface area contributed by atoms with Crippen LogP contribution in [0.2, 0.25) is 0 Å². The summed E-state index contributed by atoms with van der Waals surface area (Å²) in [6, 6.07) is 13.4. The number of imidazole rings is 1. The summed E-state index contributed by atoms with van der Waals surface area (Å²) in [6.45, 7) is 6.32. The van der Waals surface area contributed by atoms with Gasteiger partial charge in [0.25, 0.3) is 0 Å². The predicted octanol–water partition coefficient (Wildman–Crippen LogP) is 5.54. The summed E-state index contributed by atoms with van der Waals surface area (Å²) in [4.78, 5) is 5.05. The SMILES string of the molecule is CC(C)c1c(Sc2cc(F)cc(F)c2)nc(C(C)O)n1Cc1ccccc1. The van der Waals surface area contributed by atoms with Crippen LogP contribution in [-0.4, -0.2) is 14.7 Å². The van der Waals surface area contributed by atoms with Crippen LogP contribution in [0.1, 0.15) is 49.9 Å². The van der Waals surface area contributed by atoms with Crippen molar-refractivity contribution in [3.63, 3.8) is 0 Å². The number of aliphatic hydroxyl groups excluding tert-OH is 1. The number of hydrogen-bond acceptors (Lipinski definition) is 3. The van der Waals surface area contributed by atoms with Gasteiger partial charge in [-0.1, -0.05) is 55.9 Å². The molecule has 0 radical (unpaired) electrons. The molecule has 6 heteroatoms. The van der Waals surface area contributed by atoms with E-state index in [1.54, 1.807) is 6.92 Å². The van der Waals surface area contributed by atoms with Gasteiger partial charge in [0.1, 0.15) is 28.6 Å². The van der Waals surface area contributed by atoms with E-state index in [0.717, 1.165) is 17.3 Å². The highest BCUT2D eigenvalue weighted by atomic mass is 32.2. The molecule has 142 valence electrons. The lowest BCUT2D eigenvalue weighted by atomic mass is 10.1. The van der Waals surface area contributed by atoms with Crippen LogP contribution < -0.4 is 0 Å². The number of aromatic nitrogens is 2. The Bertz CT molecular complexity index is 903. The molecule has 0 bridgehead atoms. The van der Waals surface area contributed by atoms with E-state index in [4.69, 9.17) is 0 Å². The maximum atomic E-state index is 13.6.